The summed E-state index contributed by atoms with van der Waals surface area (Å²) in [5.41, 5.74) is 1.65. The molecule has 1 heterocycles. The van der Waals surface area contributed by atoms with Crippen molar-refractivity contribution in [3.8, 4) is 5.75 Å². The Morgan fingerprint density at radius 1 is 1.22 bits per heavy atom. The lowest BCUT2D eigenvalue weighted by atomic mass is 9.69. The molecule has 0 spiro atoms. The second-order valence-corrected chi connectivity index (χ2v) is 7.76. The van der Waals surface area contributed by atoms with E-state index in [9.17, 15) is 9.59 Å². The zero-order chi connectivity index (χ0) is 19.3. The minimum Gasteiger partial charge on any atom is -0.496 e. The van der Waals surface area contributed by atoms with Crippen LogP contribution < -0.4 is 10.1 Å². The third-order valence-corrected chi connectivity index (χ3v) is 5.98. The van der Waals surface area contributed by atoms with E-state index in [4.69, 9.17) is 9.47 Å². The number of rotatable bonds is 6. The van der Waals surface area contributed by atoms with E-state index < -0.39 is 0 Å². The van der Waals surface area contributed by atoms with Gasteiger partial charge in [0.1, 0.15) is 11.9 Å². The van der Waals surface area contributed by atoms with Gasteiger partial charge in [0.25, 0.3) is 5.91 Å². The van der Waals surface area contributed by atoms with Crippen LogP contribution in [0.3, 0.4) is 0 Å². The molecular weight excluding hydrogens is 362 g/mol. The number of benzene rings is 1. The lowest BCUT2D eigenvalue weighted by Gasteiger charge is -2.40. The molecule has 0 unspecified atom stereocenters. The lowest BCUT2D eigenvalue weighted by Crippen LogP contribution is -2.44. The Balaban J connectivity index is 1.72. The fourth-order valence-corrected chi connectivity index (χ4v) is 4.59. The SMILES string of the molecule is COc1ccccc1C(=O)NCC1(c2ccsc2)CCC(OC(C)=O)CC1. The molecule has 1 amide bonds. The van der Waals surface area contributed by atoms with Gasteiger partial charge in [-0.1, -0.05) is 12.1 Å². The maximum atomic E-state index is 12.7. The molecular formula is C21H25NO4S. The number of amides is 1. The van der Waals surface area contributed by atoms with Crippen LogP contribution in [0, 0.1) is 0 Å². The highest BCUT2D eigenvalue weighted by molar-refractivity contribution is 7.08. The highest BCUT2D eigenvalue weighted by atomic mass is 32.1. The molecule has 1 fully saturated rings. The van der Waals surface area contributed by atoms with Crippen LogP contribution in [0.15, 0.2) is 41.1 Å². The molecule has 1 aliphatic rings. The molecule has 0 saturated heterocycles. The zero-order valence-electron chi connectivity index (χ0n) is 15.7. The van der Waals surface area contributed by atoms with Crippen LogP contribution in [-0.2, 0) is 14.9 Å². The molecule has 0 radical (unpaired) electrons. The van der Waals surface area contributed by atoms with Crippen LogP contribution in [0.4, 0.5) is 0 Å². The van der Waals surface area contributed by atoms with Gasteiger partial charge in [0.05, 0.1) is 12.7 Å². The van der Waals surface area contributed by atoms with Gasteiger partial charge in [0.15, 0.2) is 0 Å². The van der Waals surface area contributed by atoms with Gasteiger partial charge >= 0.3 is 5.97 Å². The molecule has 6 heteroatoms. The monoisotopic (exact) mass is 387 g/mol. The second-order valence-electron chi connectivity index (χ2n) is 6.98. The van der Waals surface area contributed by atoms with Crippen molar-refractivity contribution in [1.29, 1.82) is 0 Å². The molecule has 1 aromatic carbocycles. The van der Waals surface area contributed by atoms with Crippen molar-refractivity contribution in [2.75, 3.05) is 13.7 Å². The van der Waals surface area contributed by atoms with Gasteiger partial charge in [0, 0.05) is 18.9 Å². The molecule has 2 aromatic rings. The number of ether oxygens (including phenoxy) is 2. The highest BCUT2D eigenvalue weighted by Crippen LogP contribution is 2.41. The van der Waals surface area contributed by atoms with Gasteiger partial charge < -0.3 is 14.8 Å². The molecule has 5 nitrogen and oxygen atoms in total. The molecule has 1 N–H and O–H groups in total. The first-order valence-electron chi connectivity index (χ1n) is 9.15. The van der Waals surface area contributed by atoms with Crippen molar-refractivity contribution < 1.29 is 19.1 Å². The molecule has 0 aliphatic heterocycles. The van der Waals surface area contributed by atoms with Crippen LogP contribution in [0.25, 0.3) is 0 Å². The molecule has 27 heavy (non-hydrogen) atoms. The number of para-hydroxylation sites is 1. The smallest absolute Gasteiger partial charge is 0.302 e. The minimum absolute atomic E-state index is 0.0285. The highest BCUT2D eigenvalue weighted by Gasteiger charge is 2.38. The fraction of sp³-hybridized carbons (Fsp3) is 0.429. The first-order valence-corrected chi connectivity index (χ1v) is 10.1. The van der Waals surface area contributed by atoms with Crippen molar-refractivity contribution >= 4 is 23.2 Å². The van der Waals surface area contributed by atoms with E-state index >= 15 is 0 Å². The maximum Gasteiger partial charge on any atom is 0.302 e. The van der Waals surface area contributed by atoms with Crippen LogP contribution in [0.5, 0.6) is 5.75 Å². The second kappa shape index (κ2) is 8.57. The Labute approximate surface area is 163 Å². The summed E-state index contributed by atoms with van der Waals surface area (Å²) in [7, 11) is 1.56. The van der Waals surface area contributed by atoms with E-state index in [1.807, 2.05) is 12.1 Å². The minimum atomic E-state index is -0.229. The van der Waals surface area contributed by atoms with Gasteiger partial charge in [-0.3, -0.25) is 9.59 Å². The van der Waals surface area contributed by atoms with Crippen LogP contribution in [0.2, 0.25) is 0 Å². The summed E-state index contributed by atoms with van der Waals surface area (Å²) in [6, 6.07) is 9.36. The number of nitrogens with one attached hydrogen (secondary N) is 1. The quantitative estimate of drug-likeness (QED) is 0.763. The molecule has 1 aromatic heterocycles. The predicted octanol–water partition coefficient (Wildman–Crippen LogP) is 3.93. The number of hydrogen-bond acceptors (Lipinski definition) is 5. The normalized spacial score (nSPS) is 22.1. The number of hydrogen-bond donors (Lipinski definition) is 1. The summed E-state index contributed by atoms with van der Waals surface area (Å²) in [5, 5.41) is 7.33. The molecule has 144 valence electrons. The molecule has 1 aliphatic carbocycles. The van der Waals surface area contributed by atoms with Crippen LogP contribution in [0.1, 0.15) is 48.5 Å². The van der Waals surface area contributed by atoms with Gasteiger partial charge in [-0.25, -0.2) is 0 Å². The van der Waals surface area contributed by atoms with Crippen molar-refractivity contribution in [1.82, 2.24) is 5.32 Å². The number of thiophene rings is 1. The van der Waals surface area contributed by atoms with Crippen molar-refractivity contribution in [3.05, 3.63) is 52.2 Å². The van der Waals surface area contributed by atoms with Crippen molar-refractivity contribution in [2.24, 2.45) is 0 Å². The standard InChI is InChI=1S/C21H25NO4S/c1-15(23)26-17-7-10-21(11-8-17,16-9-12-27-13-16)14-22-20(24)18-5-3-4-6-19(18)25-2/h3-6,9,12-13,17H,7-8,10-11,14H2,1-2H3,(H,22,24). The van der Waals surface area contributed by atoms with E-state index in [1.54, 1.807) is 30.6 Å². The topological polar surface area (TPSA) is 64.6 Å². The van der Waals surface area contributed by atoms with E-state index in [-0.39, 0.29) is 23.4 Å². The number of methoxy groups -OCH3 is 1. The Morgan fingerprint density at radius 3 is 2.59 bits per heavy atom. The average molecular weight is 388 g/mol. The largest absolute Gasteiger partial charge is 0.496 e. The Hall–Kier alpha value is -2.34. The summed E-state index contributed by atoms with van der Waals surface area (Å²) < 4.78 is 10.7. The Bertz CT molecular complexity index is 779. The van der Waals surface area contributed by atoms with Crippen molar-refractivity contribution in [3.63, 3.8) is 0 Å². The van der Waals surface area contributed by atoms with E-state index in [2.05, 4.69) is 22.1 Å². The van der Waals surface area contributed by atoms with Gasteiger partial charge in [-0.15, -0.1) is 0 Å². The lowest BCUT2D eigenvalue weighted by molar-refractivity contribution is -0.148. The molecule has 0 bridgehead atoms. The van der Waals surface area contributed by atoms with Gasteiger partial charge in [-0.2, -0.15) is 11.3 Å². The molecule has 3 rings (SSSR count). The van der Waals surface area contributed by atoms with Crippen LogP contribution >= 0.6 is 11.3 Å². The first-order chi connectivity index (χ1) is 13.0. The summed E-state index contributed by atoms with van der Waals surface area (Å²) in [6.45, 7) is 2.00. The number of esters is 1. The van der Waals surface area contributed by atoms with Gasteiger partial charge in [0.2, 0.25) is 0 Å². The van der Waals surface area contributed by atoms with E-state index in [0.717, 1.165) is 25.7 Å². The summed E-state index contributed by atoms with van der Waals surface area (Å²) in [4.78, 5) is 24.0. The number of carbonyl (C=O) groups is 2. The van der Waals surface area contributed by atoms with E-state index in [0.29, 0.717) is 17.9 Å². The molecule has 1 saturated carbocycles. The summed E-state index contributed by atoms with van der Waals surface area (Å²) in [5.74, 6) is 0.204. The van der Waals surface area contributed by atoms with Crippen LogP contribution in [-0.4, -0.2) is 31.6 Å². The first kappa shape index (κ1) is 19.4. The van der Waals surface area contributed by atoms with Crippen molar-refractivity contribution in [2.45, 2.75) is 44.1 Å². The third-order valence-electron chi connectivity index (χ3n) is 5.29. The predicted molar refractivity (Wildman–Crippen MR) is 105 cm³/mol. The fourth-order valence-electron chi connectivity index (χ4n) is 3.81. The Kier molecular flexibility index (Phi) is 6.16. The Morgan fingerprint density at radius 2 is 1.96 bits per heavy atom. The summed E-state index contributed by atoms with van der Waals surface area (Å²) >= 11 is 1.66. The third kappa shape index (κ3) is 4.50. The van der Waals surface area contributed by atoms with E-state index in [1.165, 1.54) is 12.5 Å². The maximum absolute atomic E-state index is 12.7. The average Bonchev–Trinajstić information content (AvgIpc) is 3.22. The number of carbonyl (C=O) groups excluding carboxylic acids is 2. The molecule has 0 atom stereocenters. The van der Waals surface area contributed by atoms with Gasteiger partial charge in [-0.05, 0) is 60.2 Å². The summed E-state index contributed by atoms with van der Waals surface area (Å²) in [6.07, 6.45) is 3.32. The zero-order valence-corrected chi connectivity index (χ0v) is 16.5.